The first kappa shape index (κ1) is 10.9. The molecule has 1 heterocycles. The Hall–Kier alpha value is -1.19. The first-order chi connectivity index (χ1) is 8.36. The van der Waals surface area contributed by atoms with Gasteiger partial charge in [-0.05, 0) is 38.5 Å². The Morgan fingerprint density at radius 3 is 2.59 bits per heavy atom. The Bertz CT molecular complexity index is 460. The first-order valence-electron chi connectivity index (χ1n) is 6.83. The van der Waals surface area contributed by atoms with Crippen LogP contribution in [0.25, 0.3) is 0 Å². The molecule has 1 aromatic rings. The van der Waals surface area contributed by atoms with Gasteiger partial charge in [0.1, 0.15) is 0 Å². The number of rotatable bonds is 1. The topological polar surface area (TPSA) is 47.8 Å². The molecule has 0 saturated heterocycles. The minimum Gasteiger partial charge on any atom is -0.267 e. The molecular formula is C13H19N3O. The van der Waals surface area contributed by atoms with E-state index in [-0.39, 0.29) is 5.56 Å². The number of hydrogen-bond donors (Lipinski definition) is 0. The van der Waals surface area contributed by atoms with Crippen LogP contribution < -0.4 is 5.56 Å². The molecule has 0 spiro atoms. The zero-order valence-electron chi connectivity index (χ0n) is 10.2. The van der Waals surface area contributed by atoms with Crippen molar-refractivity contribution in [2.75, 3.05) is 0 Å². The Kier molecular flexibility index (Phi) is 2.95. The molecule has 1 fully saturated rings. The largest absolute Gasteiger partial charge is 0.273 e. The summed E-state index contributed by atoms with van der Waals surface area (Å²) < 4.78 is 1.67. The smallest absolute Gasteiger partial charge is 0.267 e. The molecule has 0 aromatic carbocycles. The van der Waals surface area contributed by atoms with E-state index < -0.39 is 0 Å². The van der Waals surface area contributed by atoms with Gasteiger partial charge in [0.25, 0.3) is 5.56 Å². The Labute approximate surface area is 101 Å². The van der Waals surface area contributed by atoms with Crippen LogP contribution in [0.15, 0.2) is 4.79 Å². The van der Waals surface area contributed by atoms with Gasteiger partial charge in [-0.1, -0.05) is 24.5 Å². The highest BCUT2D eigenvalue weighted by atomic mass is 16.1. The van der Waals surface area contributed by atoms with E-state index in [4.69, 9.17) is 0 Å². The third-order valence-electron chi connectivity index (χ3n) is 4.09. The number of aromatic nitrogens is 3. The molecule has 92 valence electrons. The second-order valence-electron chi connectivity index (χ2n) is 5.26. The molecule has 0 unspecified atom stereocenters. The maximum atomic E-state index is 12.4. The summed E-state index contributed by atoms with van der Waals surface area (Å²) in [5.74, 6) is 0. The van der Waals surface area contributed by atoms with Crippen molar-refractivity contribution in [3.8, 4) is 0 Å². The fraction of sp³-hybridized carbons (Fsp3) is 0.769. The van der Waals surface area contributed by atoms with Gasteiger partial charge in [0.2, 0.25) is 0 Å². The fourth-order valence-corrected chi connectivity index (χ4v) is 3.08. The summed E-state index contributed by atoms with van der Waals surface area (Å²) in [7, 11) is 0. The molecule has 0 radical (unpaired) electrons. The summed E-state index contributed by atoms with van der Waals surface area (Å²) in [4.78, 5) is 12.4. The van der Waals surface area contributed by atoms with Crippen LogP contribution in [0.2, 0.25) is 0 Å². The summed E-state index contributed by atoms with van der Waals surface area (Å²) in [6, 6.07) is 0.302. The lowest BCUT2D eigenvalue weighted by atomic mass is 9.94. The van der Waals surface area contributed by atoms with E-state index in [1.165, 1.54) is 19.3 Å². The van der Waals surface area contributed by atoms with Gasteiger partial charge < -0.3 is 0 Å². The van der Waals surface area contributed by atoms with Gasteiger partial charge in [0.15, 0.2) is 0 Å². The highest BCUT2D eigenvalue weighted by Gasteiger charge is 2.22. The van der Waals surface area contributed by atoms with Crippen molar-refractivity contribution in [3.63, 3.8) is 0 Å². The quantitative estimate of drug-likeness (QED) is 0.745. The zero-order chi connectivity index (χ0) is 11.7. The standard InChI is InChI=1S/C13H19N3O/c17-13-11-8-4-5-9-12(11)14-15-16(13)10-6-2-1-3-7-10/h10H,1-9H2. The molecule has 0 aliphatic heterocycles. The average Bonchev–Trinajstić information content (AvgIpc) is 2.40. The van der Waals surface area contributed by atoms with Crippen LogP contribution in [-0.2, 0) is 12.8 Å². The molecule has 0 amide bonds. The van der Waals surface area contributed by atoms with Crippen LogP contribution in [0.4, 0.5) is 0 Å². The summed E-state index contributed by atoms with van der Waals surface area (Å²) >= 11 is 0. The molecule has 0 bridgehead atoms. The van der Waals surface area contributed by atoms with Gasteiger partial charge in [-0.2, -0.15) is 0 Å². The van der Waals surface area contributed by atoms with Gasteiger partial charge in [-0.3, -0.25) is 4.79 Å². The van der Waals surface area contributed by atoms with E-state index in [1.807, 2.05) is 0 Å². The monoisotopic (exact) mass is 233 g/mol. The highest BCUT2D eigenvalue weighted by Crippen LogP contribution is 2.26. The molecule has 0 N–H and O–H groups in total. The highest BCUT2D eigenvalue weighted by molar-refractivity contribution is 5.18. The van der Waals surface area contributed by atoms with E-state index in [1.54, 1.807) is 4.68 Å². The lowest BCUT2D eigenvalue weighted by Gasteiger charge is -2.23. The van der Waals surface area contributed by atoms with Crippen LogP contribution in [0.1, 0.15) is 62.2 Å². The summed E-state index contributed by atoms with van der Waals surface area (Å²) in [6.45, 7) is 0. The second kappa shape index (κ2) is 4.59. The molecular weight excluding hydrogens is 214 g/mol. The van der Waals surface area contributed by atoms with Crippen molar-refractivity contribution in [2.24, 2.45) is 0 Å². The third-order valence-corrected chi connectivity index (χ3v) is 4.09. The van der Waals surface area contributed by atoms with Gasteiger partial charge in [0, 0.05) is 5.56 Å². The van der Waals surface area contributed by atoms with Crippen LogP contribution >= 0.6 is 0 Å². The van der Waals surface area contributed by atoms with E-state index in [0.717, 1.165) is 49.8 Å². The predicted octanol–water partition coefficient (Wildman–Crippen LogP) is 2.02. The van der Waals surface area contributed by atoms with Crippen molar-refractivity contribution in [1.82, 2.24) is 15.0 Å². The molecule has 2 aliphatic rings. The summed E-state index contributed by atoms with van der Waals surface area (Å²) in [5, 5.41) is 8.44. The predicted molar refractivity (Wildman–Crippen MR) is 65.1 cm³/mol. The Balaban J connectivity index is 1.97. The zero-order valence-corrected chi connectivity index (χ0v) is 10.2. The van der Waals surface area contributed by atoms with Crippen molar-refractivity contribution in [3.05, 3.63) is 21.6 Å². The lowest BCUT2D eigenvalue weighted by Crippen LogP contribution is -2.34. The number of aryl methyl sites for hydroxylation is 1. The summed E-state index contributed by atoms with van der Waals surface area (Å²) in [6.07, 6.45) is 10.0. The molecule has 17 heavy (non-hydrogen) atoms. The van der Waals surface area contributed by atoms with Crippen molar-refractivity contribution < 1.29 is 0 Å². The van der Waals surface area contributed by atoms with Crippen LogP contribution in [0, 0.1) is 0 Å². The molecule has 1 saturated carbocycles. The van der Waals surface area contributed by atoms with E-state index in [0.29, 0.717) is 6.04 Å². The lowest BCUT2D eigenvalue weighted by molar-refractivity contribution is 0.305. The number of nitrogens with zero attached hydrogens (tertiary/aromatic N) is 3. The van der Waals surface area contributed by atoms with Crippen LogP contribution in [0.3, 0.4) is 0 Å². The Morgan fingerprint density at radius 1 is 1.00 bits per heavy atom. The van der Waals surface area contributed by atoms with E-state index in [9.17, 15) is 4.79 Å². The van der Waals surface area contributed by atoms with Crippen molar-refractivity contribution in [1.29, 1.82) is 0 Å². The second-order valence-corrected chi connectivity index (χ2v) is 5.26. The third kappa shape index (κ3) is 2.01. The normalized spacial score (nSPS) is 21.2. The van der Waals surface area contributed by atoms with Crippen molar-refractivity contribution >= 4 is 0 Å². The van der Waals surface area contributed by atoms with Gasteiger partial charge in [-0.15, -0.1) is 5.10 Å². The molecule has 1 aromatic heterocycles. The molecule has 0 atom stereocenters. The number of hydrogen-bond acceptors (Lipinski definition) is 3. The van der Waals surface area contributed by atoms with Gasteiger partial charge in [0.05, 0.1) is 11.7 Å². The Morgan fingerprint density at radius 2 is 1.76 bits per heavy atom. The maximum Gasteiger partial charge on any atom is 0.273 e. The average molecular weight is 233 g/mol. The summed E-state index contributed by atoms with van der Waals surface area (Å²) in [5.41, 5.74) is 2.03. The first-order valence-corrected chi connectivity index (χ1v) is 6.83. The van der Waals surface area contributed by atoms with Crippen LogP contribution in [0.5, 0.6) is 0 Å². The molecule has 4 nitrogen and oxygen atoms in total. The maximum absolute atomic E-state index is 12.4. The van der Waals surface area contributed by atoms with E-state index in [2.05, 4.69) is 10.3 Å². The fourth-order valence-electron chi connectivity index (χ4n) is 3.08. The van der Waals surface area contributed by atoms with Crippen molar-refractivity contribution in [2.45, 2.75) is 63.8 Å². The SMILES string of the molecule is O=c1c2c(nnn1C1CCCCC1)CCCC2. The van der Waals surface area contributed by atoms with E-state index >= 15 is 0 Å². The van der Waals surface area contributed by atoms with Crippen LogP contribution in [-0.4, -0.2) is 15.0 Å². The molecule has 2 aliphatic carbocycles. The minimum atomic E-state index is 0.140. The minimum absolute atomic E-state index is 0.140. The number of fused-ring (bicyclic) bond motifs is 1. The molecule has 4 heteroatoms. The molecule has 3 rings (SSSR count). The van der Waals surface area contributed by atoms with Gasteiger partial charge >= 0.3 is 0 Å². The van der Waals surface area contributed by atoms with Gasteiger partial charge in [-0.25, -0.2) is 4.68 Å².